The van der Waals surface area contributed by atoms with E-state index in [1.54, 1.807) is 0 Å². The number of nitrogens with one attached hydrogen (secondary N) is 1. The van der Waals surface area contributed by atoms with Crippen LogP contribution in [0.25, 0.3) is 0 Å². The Morgan fingerprint density at radius 3 is 2.90 bits per heavy atom. The molecular formula is C18H21NO. The normalized spacial score (nSPS) is 13.4. The minimum Gasteiger partial charge on any atom is -0.494 e. The van der Waals surface area contributed by atoms with E-state index in [0.29, 0.717) is 6.61 Å². The van der Waals surface area contributed by atoms with Gasteiger partial charge in [0.15, 0.2) is 0 Å². The molecule has 2 nitrogen and oxygen atoms in total. The zero-order valence-electron chi connectivity index (χ0n) is 12.0. The highest BCUT2D eigenvalue weighted by atomic mass is 16.5. The fraction of sp³-hybridized carbons (Fsp3) is 0.333. The molecule has 2 aromatic rings. The van der Waals surface area contributed by atoms with E-state index in [4.69, 9.17) is 4.74 Å². The molecule has 0 aliphatic carbocycles. The van der Waals surface area contributed by atoms with Gasteiger partial charge in [0.2, 0.25) is 0 Å². The second-order valence-corrected chi connectivity index (χ2v) is 5.28. The molecule has 0 unspecified atom stereocenters. The summed E-state index contributed by atoms with van der Waals surface area (Å²) in [6.07, 6.45) is 3.39. The second kappa shape index (κ2) is 6.00. The van der Waals surface area contributed by atoms with Gasteiger partial charge in [0.25, 0.3) is 0 Å². The van der Waals surface area contributed by atoms with Crippen LogP contribution in [-0.4, -0.2) is 13.2 Å². The first kappa shape index (κ1) is 13.0. The molecule has 1 N–H and O–H groups in total. The fourth-order valence-electron chi connectivity index (χ4n) is 2.79. The number of hydrogen-bond acceptors (Lipinski definition) is 2. The van der Waals surface area contributed by atoms with Crippen LogP contribution in [-0.2, 0) is 12.8 Å². The van der Waals surface area contributed by atoms with Crippen molar-refractivity contribution in [2.24, 2.45) is 0 Å². The molecule has 104 valence electrons. The monoisotopic (exact) mass is 267 g/mol. The van der Waals surface area contributed by atoms with Crippen LogP contribution in [0.4, 0.5) is 5.69 Å². The third kappa shape index (κ3) is 2.96. The van der Waals surface area contributed by atoms with Gasteiger partial charge in [0.05, 0.1) is 6.61 Å². The zero-order chi connectivity index (χ0) is 13.8. The van der Waals surface area contributed by atoms with Gasteiger partial charge in [0, 0.05) is 12.2 Å². The van der Waals surface area contributed by atoms with Crippen LogP contribution in [0.1, 0.15) is 30.0 Å². The summed E-state index contributed by atoms with van der Waals surface area (Å²) in [4.78, 5) is 0. The van der Waals surface area contributed by atoms with Crippen molar-refractivity contribution in [3.63, 3.8) is 0 Å². The maximum absolute atomic E-state index is 5.56. The highest BCUT2D eigenvalue weighted by molar-refractivity contribution is 5.54. The summed E-state index contributed by atoms with van der Waals surface area (Å²) in [7, 11) is 0. The van der Waals surface area contributed by atoms with E-state index in [1.165, 1.54) is 35.2 Å². The predicted molar refractivity (Wildman–Crippen MR) is 83.7 cm³/mol. The Morgan fingerprint density at radius 2 is 2.00 bits per heavy atom. The first-order chi connectivity index (χ1) is 9.85. The van der Waals surface area contributed by atoms with Gasteiger partial charge in [-0.2, -0.15) is 0 Å². The Hall–Kier alpha value is -1.96. The molecule has 0 atom stereocenters. The summed E-state index contributed by atoms with van der Waals surface area (Å²) in [5, 5.41) is 3.46. The summed E-state index contributed by atoms with van der Waals surface area (Å²) >= 11 is 0. The Labute approximate surface area is 120 Å². The summed E-state index contributed by atoms with van der Waals surface area (Å²) in [5.74, 6) is 0.963. The van der Waals surface area contributed by atoms with E-state index < -0.39 is 0 Å². The molecule has 0 saturated carbocycles. The van der Waals surface area contributed by atoms with Crippen LogP contribution in [0.15, 0.2) is 42.5 Å². The Balaban J connectivity index is 1.78. The largest absolute Gasteiger partial charge is 0.494 e. The van der Waals surface area contributed by atoms with Crippen molar-refractivity contribution in [1.29, 1.82) is 0 Å². The summed E-state index contributed by atoms with van der Waals surface area (Å²) < 4.78 is 5.56. The molecule has 3 rings (SSSR count). The van der Waals surface area contributed by atoms with Gasteiger partial charge in [-0.25, -0.2) is 0 Å². The number of anilines is 1. The van der Waals surface area contributed by atoms with Crippen molar-refractivity contribution >= 4 is 5.69 Å². The van der Waals surface area contributed by atoms with Gasteiger partial charge < -0.3 is 10.1 Å². The van der Waals surface area contributed by atoms with Crippen molar-refractivity contribution in [2.45, 2.75) is 26.2 Å². The van der Waals surface area contributed by atoms with Gasteiger partial charge in [0.1, 0.15) is 5.75 Å². The molecule has 0 spiro atoms. The van der Waals surface area contributed by atoms with E-state index in [1.807, 2.05) is 13.0 Å². The lowest BCUT2D eigenvalue weighted by molar-refractivity contribution is 0.340. The molecule has 20 heavy (non-hydrogen) atoms. The molecular weight excluding hydrogens is 246 g/mol. The van der Waals surface area contributed by atoms with Crippen LogP contribution in [0.5, 0.6) is 5.75 Å². The zero-order valence-corrected chi connectivity index (χ0v) is 12.0. The maximum atomic E-state index is 5.56. The highest BCUT2D eigenvalue weighted by Gasteiger charge is 2.09. The first-order valence-electron chi connectivity index (χ1n) is 7.42. The van der Waals surface area contributed by atoms with E-state index in [9.17, 15) is 0 Å². The van der Waals surface area contributed by atoms with Gasteiger partial charge >= 0.3 is 0 Å². The van der Waals surface area contributed by atoms with Crippen LogP contribution in [0.3, 0.4) is 0 Å². The smallest absolute Gasteiger partial charge is 0.119 e. The van der Waals surface area contributed by atoms with E-state index in [-0.39, 0.29) is 0 Å². The van der Waals surface area contributed by atoms with Crippen molar-refractivity contribution in [1.82, 2.24) is 0 Å². The molecule has 2 heteroatoms. The molecule has 0 bridgehead atoms. The molecule has 2 aromatic carbocycles. The second-order valence-electron chi connectivity index (χ2n) is 5.28. The Bertz CT molecular complexity index is 592. The Morgan fingerprint density at radius 1 is 1.10 bits per heavy atom. The summed E-state index contributed by atoms with van der Waals surface area (Å²) in [6, 6.07) is 15.2. The Kier molecular flexibility index (Phi) is 3.91. The highest BCUT2D eigenvalue weighted by Crippen LogP contribution is 2.24. The average Bonchev–Trinajstić information content (AvgIpc) is 2.48. The van der Waals surface area contributed by atoms with E-state index in [2.05, 4.69) is 41.7 Å². The topological polar surface area (TPSA) is 21.3 Å². The number of rotatable bonds is 4. The third-order valence-corrected chi connectivity index (χ3v) is 3.73. The molecule has 0 fully saturated rings. The molecule has 0 aromatic heterocycles. The number of ether oxygens (including phenoxy) is 1. The summed E-state index contributed by atoms with van der Waals surface area (Å²) in [6.45, 7) is 3.83. The quantitative estimate of drug-likeness (QED) is 0.903. The van der Waals surface area contributed by atoms with Gasteiger partial charge in [-0.1, -0.05) is 24.3 Å². The fourth-order valence-corrected chi connectivity index (χ4v) is 2.79. The minimum absolute atomic E-state index is 0.716. The molecule has 0 amide bonds. The maximum Gasteiger partial charge on any atom is 0.119 e. The first-order valence-corrected chi connectivity index (χ1v) is 7.42. The van der Waals surface area contributed by atoms with E-state index >= 15 is 0 Å². The lowest BCUT2D eigenvalue weighted by Gasteiger charge is -2.18. The number of fused-ring (bicyclic) bond motifs is 1. The van der Waals surface area contributed by atoms with Gasteiger partial charge in [-0.3, -0.25) is 0 Å². The lowest BCUT2D eigenvalue weighted by atomic mass is 9.97. The lowest BCUT2D eigenvalue weighted by Crippen LogP contribution is -2.11. The van der Waals surface area contributed by atoms with Crippen molar-refractivity contribution in [2.75, 3.05) is 18.5 Å². The van der Waals surface area contributed by atoms with Crippen molar-refractivity contribution in [3.8, 4) is 5.75 Å². The standard InChI is InChI=1S/C18H21NO/c1-2-20-17-7-3-5-14(13-17)11-15-8-9-18-16(12-15)6-4-10-19-18/h3,5,7-9,12-13,19H,2,4,6,10-11H2,1H3. The van der Waals surface area contributed by atoms with E-state index in [0.717, 1.165) is 18.7 Å². The van der Waals surface area contributed by atoms with Crippen LogP contribution >= 0.6 is 0 Å². The van der Waals surface area contributed by atoms with Crippen molar-refractivity contribution < 1.29 is 4.74 Å². The molecule has 0 radical (unpaired) electrons. The minimum atomic E-state index is 0.716. The molecule has 1 aliphatic rings. The average molecular weight is 267 g/mol. The van der Waals surface area contributed by atoms with Gasteiger partial charge in [-0.15, -0.1) is 0 Å². The SMILES string of the molecule is CCOc1cccc(Cc2ccc3c(c2)CCCN3)c1. The number of aryl methyl sites for hydroxylation is 1. The van der Waals surface area contributed by atoms with Crippen molar-refractivity contribution in [3.05, 3.63) is 59.2 Å². The van der Waals surface area contributed by atoms with Gasteiger partial charge in [-0.05, 0) is 61.1 Å². The molecule has 1 heterocycles. The third-order valence-electron chi connectivity index (χ3n) is 3.73. The number of benzene rings is 2. The number of hydrogen-bond donors (Lipinski definition) is 1. The van der Waals surface area contributed by atoms with Crippen LogP contribution in [0, 0.1) is 0 Å². The predicted octanol–water partition coefficient (Wildman–Crippen LogP) is 4.03. The van der Waals surface area contributed by atoms with Crippen LogP contribution < -0.4 is 10.1 Å². The summed E-state index contributed by atoms with van der Waals surface area (Å²) in [5.41, 5.74) is 5.44. The molecule has 0 saturated heterocycles. The van der Waals surface area contributed by atoms with Crippen LogP contribution in [0.2, 0.25) is 0 Å². The molecule has 1 aliphatic heterocycles.